The number of aryl methyl sites for hydroxylation is 1. The van der Waals surface area contributed by atoms with Gasteiger partial charge in [0.2, 0.25) is 0 Å². The number of nitrogens with one attached hydrogen (secondary N) is 1. The summed E-state index contributed by atoms with van der Waals surface area (Å²) in [6.07, 6.45) is 2.62. The van der Waals surface area contributed by atoms with Gasteiger partial charge in [0, 0.05) is 55.6 Å². The van der Waals surface area contributed by atoms with Crippen LogP contribution in [-0.4, -0.2) is 55.7 Å². The molecule has 5 rings (SSSR count). The molecule has 0 aliphatic carbocycles. The number of amides is 2. The number of anilines is 3. The lowest BCUT2D eigenvalue weighted by Gasteiger charge is -2.35. The van der Waals surface area contributed by atoms with E-state index in [1.165, 1.54) is 0 Å². The van der Waals surface area contributed by atoms with Crippen LogP contribution in [0.3, 0.4) is 0 Å². The zero-order valence-electron chi connectivity index (χ0n) is 18.3. The fraction of sp³-hybridized carbons (Fsp3) is 0.333. The van der Waals surface area contributed by atoms with E-state index in [2.05, 4.69) is 33.2 Å². The van der Waals surface area contributed by atoms with Crippen molar-refractivity contribution >= 4 is 46.0 Å². The number of halogens is 1. The van der Waals surface area contributed by atoms with Gasteiger partial charge in [0.05, 0.1) is 16.4 Å². The molecule has 1 N–H and O–H groups in total. The molecule has 0 saturated carbocycles. The summed E-state index contributed by atoms with van der Waals surface area (Å²) in [4.78, 5) is 24.0. The number of hydrogen-bond donors (Lipinski definition) is 1. The molecular formula is C24H26ClN5OS. The Kier molecular flexibility index (Phi) is 5.80. The van der Waals surface area contributed by atoms with Gasteiger partial charge in [-0.05, 0) is 61.9 Å². The molecule has 0 atom stereocenters. The molecule has 2 amide bonds. The van der Waals surface area contributed by atoms with Gasteiger partial charge in [-0.1, -0.05) is 11.6 Å². The van der Waals surface area contributed by atoms with Crippen LogP contribution in [0.1, 0.15) is 11.1 Å². The molecule has 3 aromatic rings. The highest BCUT2D eigenvalue weighted by Crippen LogP contribution is 2.38. The third-order valence-electron chi connectivity index (χ3n) is 6.27. The Balaban J connectivity index is 1.35. The summed E-state index contributed by atoms with van der Waals surface area (Å²) in [7, 11) is 2.14. The van der Waals surface area contributed by atoms with Crippen molar-refractivity contribution in [3.05, 3.63) is 58.1 Å². The van der Waals surface area contributed by atoms with Crippen molar-refractivity contribution in [1.82, 2.24) is 9.88 Å². The van der Waals surface area contributed by atoms with E-state index < -0.39 is 0 Å². The maximum Gasteiger partial charge on any atom is 0.326 e. The van der Waals surface area contributed by atoms with Gasteiger partial charge < -0.3 is 15.1 Å². The van der Waals surface area contributed by atoms with Gasteiger partial charge in [0.25, 0.3) is 0 Å². The molecule has 8 heteroatoms. The normalized spacial score (nSPS) is 16.3. The topological polar surface area (TPSA) is 51.7 Å². The fourth-order valence-corrected chi connectivity index (χ4v) is 5.46. The summed E-state index contributed by atoms with van der Waals surface area (Å²) < 4.78 is 0. The maximum atomic E-state index is 13.2. The summed E-state index contributed by atoms with van der Waals surface area (Å²) >= 11 is 8.24. The second kappa shape index (κ2) is 8.73. The molecule has 1 fully saturated rings. The molecule has 0 unspecified atom stereocenters. The summed E-state index contributed by atoms with van der Waals surface area (Å²) in [5.74, 6) is 0. The Labute approximate surface area is 197 Å². The first-order chi connectivity index (χ1) is 15.5. The van der Waals surface area contributed by atoms with Crippen LogP contribution >= 0.6 is 22.9 Å². The van der Waals surface area contributed by atoms with Crippen molar-refractivity contribution in [3.63, 3.8) is 0 Å². The van der Waals surface area contributed by atoms with Crippen LogP contribution in [0.5, 0.6) is 0 Å². The monoisotopic (exact) mass is 467 g/mol. The summed E-state index contributed by atoms with van der Waals surface area (Å²) in [5.41, 5.74) is 6.06. The second-order valence-electron chi connectivity index (χ2n) is 8.42. The molecular weight excluding hydrogens is 442 g/mol. The van der Waals surface area contributed by atoms with E-state index in [4.69, 9.17) is 11.6 Å². The molecule has 1 saturated heterocycles. The maximum absolute atomic E-state index is 13.2. The first-order valence-corrected chi connectivity index (χ1v) is 12.1. The molecule has 6 nitrogen and oxygen atoms in total. The first-order valence-electron chi connectivity index (χ1n) is 10.8. The number of aromatic nitrogens is 1. The lowest BCUT2D eigenvalue weighted by Crippen LogP contribution is -2.44. The average molecular weight is 468 g/mol. The molecule has 0 radical (unpaired) electrons. The number of piperazine rings is 1. The van der Waals surface area contributed by atoms with E-state index in [0.29, 0.717) is 6.54 Å². The van der Waals surface area contributed by atoms with Crippen LogP contribution in [-0.2, 0) is 6.42 Å². The predicted molar refractivity (Wildman–Crippen MR) is 134 cm³/mol. The highest BCUT2D eigenvalue weighted by Gasteiger charge is 2.28. The minimum absolute atomic E-state index is 0.114. The van der Waals surface area contributed by atoms with E-state index >= 15 is 0 Å². The van der Waals surface area contributed by atoms with Gasteiger partial charge in [-0.3, -0.25) is 4.90 Å². The van der Waals surface area contributed by atoms with Gasteiger partial charge in [0.15, 0.2) is 0 Å². The van der Waals surface area contributed by atoms with E-state index in [1.54, 1.807) is 11.3 Å². The molecule has 0 spiro atoms. The number of carbonyl (C=O) groups is 1. The Morgan fingerprint density at radius 1 is 1.09 bits per heavy atom. The predicted octanol–water partition coefficient (Wildman–Crippen LogP) is 5.12. The minimum atomic E-state index is -0.114. The highest BCUT2D eigenvalue weighted by molar-refractivity contribution is 7.13. The van der Waals surface area contributed by atoms with Crippen molar-refractivity contribution in [1.29, 1.82) is 0 Å². The van der Waals surface area contributed by atoms with Crippen molar-refractivity contribution in [2.75, 3.05) is 54.9 Å². The Morgan fingerprint density at radius 3 is 2.62 bits per heavy atom. The van der Waals surface area contributed by atoms with Gasteiger partial charge in [-0.2, -0.15) is 0 Å². The second-order valence-corrected chi connectivity index (χ2v) is 9.72. The van der Waals surface area contributed by atoms with Gasteiger partial charge in [-0.15, -0.1) is 11.3 Å². The van der Waals surface area contributed by atoms with Gasteiger partial charge >= 0.3 is 6.03 Å². The number of hydrogen-bond acceptors (Lipinski definition) is 5. The van der Waals surface area contributed by atoms with Gasteiger partial charge in [-0.25, -0.2) is 9.78 Å². The Hall–Kier alpha value is -2.61. The zero-order chi connectivity index (χ0) is 22.2. The molecule has 32 heavy (non-hydrogen) atoms. The van der Waals surface area contributed by atoms with Crippen LogP contribution in [0.25, 0.3) is 10.6 Å². The van der Waals surface area contributed by atoms with Gasteiger partial charge in [0.1, 0.15) is 5.01 Å². The van der Waals surface area contributed by atoms with E-state index in [9.17, 15) is 4.79 Å². The van der Waals surface area contributed by atoms with Crippen LogP contribution in [0.15, 0.2) is 41.9 Å². The van der Waals surface area contributed by atoms with Crippen molar-refractivity contribution < 1.29 is 4.79 Å². The highest BCUT2D eigenvalue weighted by atomic mass is 35.5. The first kappa shape index (κ1) is 21.2. The molecule has 2 aliphatic heterocycles. The molecule has 0 bridgehead atoms. The molecule has 166 valence electrons. The number of benzene rings is 2. The lowest BCUT2D eigenvalue weighted by atomic mass is 10.1. The quantitative estimate of drug-likeness (QED) is 0.581. The molecule has 3 heterocycles. The molecule has 1 aromatic heterocycles. The Bertz CT molecular complexity index is 1140. The summed E-state index contributed by atoms with van der Waals surface area (Å²) in [5, 5.41) is 6.80. The lowest BCUT2D eigenvalue weighted by molar-refractivity contribution is 0.257. The number of fused-ring (bicyclic) bond motifs is 1. The third kappa shape index (κ3) is 4.08. The van der Waals surface area contributed by atoms with Crippen LogP contribution in [0.4, 0.5) is 21.9 Å². The van der Waals surface area contributed by atoms with Crippen molar-refractivity contribution in [2.24, 2.45) is 0 Å². The van der Waals surface area contributed by atoms with Crippen molar-refractivity contribution in [2.45, 2.75) is 13.3 Å². The minimum Gasteiger partial charge on any atom is -0.368 e. The Morgan fingerprint density at radius 2 is 1.91 bits per heavy atom. The standard InChI is InChI=1S/C24H26ClN5OS/c1-16-13-18(3-4-19(16)23-26-6-12-32-23)27-24(31)30-7-5-17-14-20(25)22(15-21(17)30)29-10-8-28(2)9-11-29/h3-4,6,12-15H,5,7-11H2,1-2H3,(H,27,31). The number of urea groups is 1. The molecule has 2 aliphatic rings. The fourth-order valence-electron chi connectivity index (χ4n) is 4.43. The largest absolute Gasteiger partial charge is 0.368 e. The smallest absolute Gasteiger partial charge is 0.326 e. The SMILES string of the molecule is Cc1cc(NC(=O)N2CCc3cc(Cl)c(N4CCN(C)CC4)cc32)ccc1-c1nccs1. The van der Waals surface area contributed by atoms with Crippen LogP contribution < -0.4 is 15.1 Å². The van der Waals surface area contributed by atoms with Crippen LogP contribution in [0, 0.1) is 6.92 Å². The van der Waals surface area contributed by atoms with E-state index in [1.807, 2.05) is 47.7 Å². The number of carbonyl (C=O) groups excluding carboxylic acids is 1. The number of thiazole rings is 1. The van der Waals surface area contributed by atoms with E-state index in [-0.39, 0.29) is 6.03 Å². The number of rotatable bonds is 3. The average Bonchev–Trinajstić information content (AvgIpc) is 3.44. The zero-order valence-corrected chi connectivity index (χ0v) is 19.8. The van der Waals surface area contributed by atoms with Crippen LogP contribution in [0.2, 0.25) is 5.02 Å². The number of likely N-dealkylation sites (N-methyl/N-ethyl adjacent to an activating group) is 1. The number of nitrogens with zero attached hydrogens (tertiary/aromatic N) is 4. The summed E-state index contributed by atoms with van der Waals surface area (Å²) in [6.45, 7) is 6.58. The van der Waals surface area contributed by atoms with E-state index in [0.717, 1.165) is 76.4 Å². The molecule has 2 aromatic carbocycles. The third-order valence-corrected chi connectivity index (χ3v) is 7.38. The summed E-state index contributed by atoms with van der Waals surface area (Å²) in [6, 6.07) is 9.97. The van der Waals surface area contributed by atoms with Crippen molar-refractivity contribution in [3.8, 4) is 10.6 Å².